The van der Waals surface area contributed by atoms with E-state index in [4.69, 9.17) is 4.74 Å². The smallest absolute Gasteiger partial charge is 0.261 e. The van der Waals surface area contributed by atoms with Crippen LogP contribution in [0.1, 0.15) is 30.6 Å². The SMILES string of the molecule is CC(C)COCCCNC(=O)c1ccc(S(=O)(=O)Nc2ccccc2F)cc1. The van der Waals surface area contributed by atoms with Gasteiger partial charge in [0.2, 0.25) is 0 Å². The van der Waals surface area contributed by atoms with Gasteiger partial charge in [0.1, 0.15) is 5.82 Å². The monoisotopic (exact) mass is 408 g/mol. The minimum absolute atomic E-state index is 0.0608. The van der Waals surface area contributed by atoms with Crippen LogP contribution >= 0.6 is 0 Å². The maximum Gasteiger partial charge on any atom is 0.261 e. The van der Waals surface area contributed by atoms with Crippen LogP contribution < -0.4 is 10.0 Å². The highest BCUT2D eigenvalue weighted by Gasteiger charge is 2.16. The van der Waals surface area contributed by atoms with Gasteiger partial charge in [0.15, 0.2) is 0 Å². The van der Waals surface area contributed by atoms with Crippen LogP contribution in [0.4, 0.5) is 10.1 Å². The number of carbonyl (C=O) groups excluding carboxylic acids is 1. The van der Waals surface area contributed by atoms with E-state index in [9.17, 15) is 17.6 Å². The lowest BCUT2D eigenvalue weighted by atomic mass is 10.2. The molecule has 2 aromatic carbocycles. The van der Waals surface area contributed by atoms with Crippen molar-refractivity contribution in [3.05, 3.63) is 59.9 Å². The number of amides is 1. The summed E-state index contributed by atoms with van der Waals surface area (Å²) in [6, 6.07) is 11.0. The highest BCUT2D eigenvalue weighted by atomic mass is 32.2. The van der Waals surface area contributed by atoms with Crippen LogP contribution in [-0.4, -0.2) is 34.1 Å². The molecular formula is C20H25FN2O4S. The van der Waals surface area contributed by atoms with E-state index >= 15 is 0 Å². The summed E-state index contributed by atoms with van der Waals surface area (Å²) in [6.45, 7) is 5.85. The largest absolute Gasteiger partial charge is 0.381 e. The number of carbonyl (C=O) groups is 1. The van der Waals surface area contributed by atoms with Gasteiger partial charge in [-0.15, -0.1) is 0 Å². The number of hydrogen-bond acceptors (Lipinski definition) is 4. The van der Waals surface area contributed by atoms with Crippen LogP contribution in [0.2, 0.25) is 0 Å². The summed E-state index contributed by atoms with van der Waals surface area (Å²) in [5.74, 6) is -0.494. The van der Waals surface area contributed by atoms with E-state index in [1.807, 2.05) is 0 Å². The first-order valence-electron chi connectivity index (χ1n) is 9.03. The first-order valence-corrected chi connectivity index (χ1v) is 10.5. The minimum Gasteiger partial charge on any atom is -0.381 e. The number of halogens is 1. The van der Waals surface area contributed by atoms with Crippen molar-refractivity contribution in [3.8, 4) is 0 Å². The Morgan fingerprint density at radius 3 is 2.43 bits per heavy atom. The quantitative estimate of drug-likeness (QED) is 0.590. The second kappa shape index (κ2) is 10.2. The van der Waals surface area contributed by atoms with Crippen molar-refractivity contribution in [1.29, 1.82) is 0 Å². The van der Waals surface area contributed by atoms with E-state index in [-0.39, 0.29) is 16.5 Å². The molecule has 2 rings (SSSR count). The van der Waals surface area contributed by atoms with Crippen molar-refractivity contribution < 1.29 is 22.3 Å². The number of benzene rings is 2. The molecule has 0 spiro atoms. The molecule has 0 aliphatic rings. The summed E-state index contributed by atoms with van der Waals surface area (Å²) in [4.78, 5) is 12.1. The molecule has 0 aliphatic heterocycles. The van der Waals surface area contributed by atoms with E-state index in [0.29, 0.717) is 37.7 Å². The lowest BCUT2D eigenvalue weighted by Gasteiger charge is -2.10. The van der Waals surface area contributed by atoms with E-state index in [0.717, 1.165) is 0 Å². The fourth-order valence-electron chi connectivity index (χ4n) is 2.33. The molecule has 28 heavy (non-hydrogen) atoms. The highest BCUT2D eigenvalue weighted by molar-refractivity contribution is 7.92. The van der Waals surface area contributed by atoms with Gasteiger partial charge >= 0.3 is 0 Å². The van der Waals surface area contributed by atoms with Gasteiger partial charge in [-0.25, -0.2) is 12.8 Å². The van der Waals surface area contributed by atoms with Gasteiger partial charge in [0.25, 0.3) is 15.9 Å². The molecule has 0 atom stereocenters. The summed E-state index contributed by atoms with van der Waals surface area (Å²) < 4.78 is 46.0. The molecule has 8 heteroatoms. The van der Waals surface area contributed by atoms with Crippen molar-refractivity contribution in [1.82, 2.24) is 5.32 Å². The average molecular weight is 408 g/mol. The fraction of sp³-hybridized carbons (Fsp3) is 0.350. The summed E-state index contributed by atoms with van der Waals surface area (Å²) in [5.41, 5.74) is 0.206. The van der Waals surface area contributed by atoms with Crippen LogP contribution in [0.5, 0.6) is 0 Å². The van der Waals surface area contributed by atoms with Gasteiger partial charge in [-0.05, 0) is 48.7 Å². The van der Waals surface area contributed by atoms with Crippen LogP contribution in [0.25, 0.3) is 0 Å². The molecule has 152 valence electrons. The van der Waals surface area contributed by atoms with E-state index < -0.39 is 15.8 Å². The Kier molecular flexibility index (Phi) is 7.95. The molecular weight excluding hydrogens is 383 g/mol. The average Bonchev–Trinajstić information content (AvgIpc) is 2.66. The molecule has 0 radical (unpaired) electrons. The van der Waals surface area contributed by atoms with Crippen molar-refractivity contribution in [2.45, 2.75) is 25.2 Å². The molecule has 0 saturated carbocycles. The third-order valence-corrected chi connectivity index (χ3v) is 5.13. The molecule has 0 aliphatic carbocycles. The summed E-state index contributed by atoms with van der Waals surface area (Å²) in [6.07, 6.45) is 0.692. The number of hydrogen-bond donors (Lipinski definition) is 2. The van der Waals surface area contributed by atoms with Gasteiger partial charge < -0.3 is 10.1 Å². The maximum atomic E-state index is 13.7. The Morgan fingerprint density at radius 1 is 1.11 bits per heavy atom. The van der Waals surface area contributed by atoms with Crippen LogP contribution in [-0.2, 0) is 14.8 Å². The zero-order valence-electron chi connectivity index (χ0n) is 15.9. The van der Waals surface area contributed by atoms with Crippen molar-refractivity contribution in [2.75, 3.05) is 24.5 Å². The number of ether oxygens (including phenoxy) is 1. The lowest BCUT2D eigenvalue weighted by molar-refractivity contribution is 0.0925. The normalized spacial score (nSPS) is 11.4. The molecule has 0 unspecified atom stereocenters. The molecule has 0 heterocycles. The minimum atomic E-state index is -3.95. The Hall–Kier alpha value is -2.45. The first kappa shape index (κ1) is 21.8. The standard InChI is InChI=1S/C20H25FN2O4S/c1-15(2)14-27-13-5-12-22-20(24)16-8-10-17(11-9-16)28(25,26)23-19-7-4-3-6-18(19)21/h3-4,6-11,15,23H,5,12-14H2,1-2H3,(H,22,24). The maximum absolute atomic E-state index is 13.7. The van der Waals surface area contributed by atoms with Gasteiger partial charge in [-0.1, -0.05) is 26.0 Å². The summed E-state index contributed by atoms with van der Waals surface area (Å²) in [5, 5.41) is 2.76. The number of nitrogens with one attached hydrogen (secondary N) is 2. The number of anilines is 1. The fourth-order valence-corrected chi connectivity index (χ4v) is 3.40. The molecule has 0 aromatic heterocycles. The number of rotatable bonds is 10. The molecule has 2 N–H and O–H groups in total. The molecule has 0 saturated heterocycles. The van der Waals surface area contributed by atoms with Gasteiger partial charge in [-0.2, -0.15) is 0 Å². The molecule has 0 fully saturated rings. The number of sulfonamides is 1. The second-order valence-electron chi connectivity index (χ2n) is 6.69. The summed E-state index contributed by atoms with van der Waals surface area (Å²) in [7, 11) is -3.95. The predicted octanol–water partition coefficient (Wildman–Crippen LogP) is 3.42. The van der Waals surface area contributed by atoms with Crippen LogP contribution in [0, 0.1) is 11.7 Å². The Morgan fingerprint density at radius 2 is 1.79 bits per heavy atom. The van der Waals surface area contributed by atoms with Crippen LogP contribution in [0.3, 0.4) is 0 Å². The van der Waals surface area contributed by atoms with Crippen molar-refractivity contribution in [3.63, 3.8) is 0 Å². The van der Waals surface area contributed by atoms with E-state index in [2.05, 4.69) is 23.9 Å². The van der Waals surface area contributed by atoms with Gasteiger partial charge in [-0.3, -0.25) is 9.52 Å². The topological polar surface area (TPSA) is 84.5 Å². The zero-order chi connectivity index (χ0) is 20.6. The molecule has 1 amide bonds. The Bertz CT molecular complexity index is 883. The third-order valence-electron chi connectivity index (χ3n) is 3.75. The Labute approximate surface area is 165 Å². The van der Waals surface area contributed by atoms with Crippen molar-refractivity contribution in [2.24, 2.45) is 5.92 Å². The first-order chi connectivity index (χ1) is 13.3. The van der Waals surface area contributed by atoms with Crippen molar-refractivity contribution >= 4 is 21.6 Å². The van der Waals surface area contributed by atoms with Gasteiger partial charge in [0.05, 0.1) is 10.6 Å². The number of para-hydroxylation sites is 1. The molecule has 0 bridgehead atoms. The molecule has 2 aromatic rings. The van der Waals surface area contributed by atoms with Gasteiger partial charge in [0, 0.05) is 25.3 Å². The third kappa shape index (κ3) is 6.61. The summed E-state index contributed by atoms with van der Waals surface area (Å²) >= 11 is 0. The van der Waals surface area contributed by atoms with E-state index in [1.54, 1.807) is 0 Å². The predicted molar refractivity (Wildman–Crippen MR) is 106 cm³/mol. The van der Waals surface area contributed by atoms with E-state index in [1.165, 1.54) is 48.5 Å². The highest BCUT2D eigenvalue weighted by Crippen LogP contribution is 2.19. The molecule has 6 nitrogen and oxygen atoms in total. The zero-order valence-corrected chi connectivity index (χ0v) is 16.8. The Balaban J connectivity index is 1.89. The van der Waals surface area contributed by atoms with Crippen LogP contribution in [0.15, 0.2) is 53.4 Å². The second-order valence-corrected chi connectivity index (χ2v) is 8.37. The lowest BCUT2D eigenvalue weighted by Crippen LogP contribution is -2.25.